The van der Waals surface area contributed by atoms with Gasteiger partial charge in [-0.15, -0.1) is 0 Å². The predicted molar refractivity (Wildman–Crippen MR) is 75.8 cm³/mol. The molecule has 0 saturated carbocycles. The van der Waals surface area contributed by atoms with Gasteiger partial charge in [0.25, 0.3) is 0 Å². The number of hydrogen-bond acceptors (Lipinski definition) is 5. The van der Waals surface area contributed by atoms with E-state index in [1.54, 1.807) is 0 Å². The lowest BCUT2D eigenvalue weighted by Gasteiger charge is -2.08. The number of hydrogen-bond donors (Lipinski definition) is 4. The minimum atomic E-state index is -3.80. The zero-order chi connectivity index (χ0) is 15.9. The van der Waals surface area contributed by atoms with Crippen LogP contribution >= 0.6 is 0 Å². The van der Waals surface area contributed by atoms with Crippen LogP contribution in [0.25, 0.3) is 0 Å². The Morgan fingerprint density at radius 1 is 1.14 bits per heavy atom. The van der Waals surface area contributed by atoms with Gasteiger partial charge in [0.15, 0.2) is 0 Å². The molecule has 0 saturated heterocycles. The molecule has 0 aliphatic heterocycles. The highest BCUT2D eigenvalue weighted by Crippen LogP contribution is 2.21. The third-order valence-electron chi connectivity index (χ3n) is 2.89. The largest absolute Gasteiger partial charge is 0.507 e. The van der Waals surface area contributed by atoms with Crippen molar-refractivity contribution in [3.63, 3.8) is 0 Å². The molecule has 0 radical (unpaired) electrons. The number of carbonyl (C=O) groups is 1. The summed E-state index contributed by atoms with van der Waals surface area (Å²) >= 11 is 0. The fourth-order valence-corrected chi connectivity index (χ4v) is 2.83. The van der Waals surface area contributed by atoms with Gasteiger partial charge in [0, 0.05) is 13.2 Å². The molecule has 0 spiro atoms. The van der Waals surface area contributed by atoms with Gasteiger partial charge in [0.1, 0.15) is 11.3 Å². The van der Waals surface area contributed by atoms with E-state index in [-0.39, 0.29) is 18.0 Å². The standard InChI is InChI=1S/C13H19NO6S/c15-8-4-2-1-3-7-14-21(19,20)10-5-6-12(16)11(9-10)13(17)18/h5-6,9,14-16H,1-4,7-8H2,(H,17,18). The zero-order valence-electron chi connectivity index (χ0n) is 11.4. The lowest BCUT2D eigenvalue weighted by Crippen LogP contribution is -2.25. The third kappa shape index (κ3) is 5.33. The number of carboxylic acids is 1. The van der Waals surface area contributed by atoms with Crippen molar-refractivity contribution in [3.8, 4) is 5.75 Å². The van der Waals surface area contributed by atoms with Crippen LogP contribution in [0.1, 0.15) is 36.0 Å². The van der Waals surface area contributed by atoms with Gasteiger partial charge in [-0.25, -0.2) is 17.9 Å². The van der Waals surface area contributed by atoms with E-state index in [0.29, 0.717) is 12.8 Å². The highest BCUT2D eigenvalue weighted by Gasteiger charge is 2.18. The maximum absolute atomic E-state index is 12.0. The minimum absolute atomic E-state index is 0.122. The number of phenols is 1. The molecule has 21 heavy (non-hydrogen) atoms. The summed E-state index contributed by atoms with van der Waals surface area (Å²) in [6.45, 7) is 0.355. The molecule has 1 aromatic rings. The fourth-order valence-electron chi connectivity index (χ4n) is 1.73. The zero-order valence-corrected chi connectivity index (χ0v) is 12.3. The van der Waals surface area contributed by atoms with E-state index < -0.39 is 27.3 Å². The first-order chi connectivity index (χ1) is 9.88. The van der Waals surface area contributed by atoms with Crippen molar-refractivity contribution >= 4 is 16.0 Å². The molecule has 1 aromatic carbocycles. The van der Waals surface area contributed by atoms with E-state index in [1.807, 2.05) is 0 Å². The number of sulfonamides is 1. The van der Waals surface area contributed by atoms with Crippen LogP contribution < -0.4 is 4.72 Å². The van der Waals surface area contributed by atoms with Gasteiger partial charge in [0.05, 0.1) is 4.90 Å². The van der Waals surface area contributed by atoms with E-state index in [1.165, 1.54) is 0 Å². The van der Waals surface area contributed by atoms with Crippen LogP contribution in [-0.4, -0.2) is 42.9 Å². The normalized spacial score (nSPS) is 11.5. The second-order valence-electron chi connectivity index (χ2n) is 4.52. The Morgan fingerprint density at radius 3 is 2.43 bits per heavy atom. The average Bonchev–Trinajstić information content (AvgIpc) is 2.42. The van der Waals surface area contributed by atoms with Crippen molar-refractivity contribution in [2.75, 3.05) is 13.2 Å². The first-order valence-corrected chi connectivity index (χ1v) is 8.03. The topological polar surface area (TPSA) is 124 Å². The van der Waals surface area contributed by atoms with E-state index in [9.17, 15) is 18.3 Å². The van der Waals surface area contributed by atoms with E-state index in [2.05, 4.69) is 4.72 Å². The number of unbranched alkanes of at least 4 members (excludes halogenated alkanes) is 3. The Bertz CT molecular complexity index is 584. The number of nitrogens with one attached hydrogen (secondary N) is 1. The molecule has 0 fully saturated rings. The second-order valence-corrected chi connectivity index (χ2v) is 6.29. The number of aliphatic hydroxyl groups excluding tert-OH is 1. The van der Waals surface area contributed by atoms with Gasteiger partial charge < -0.3 is 15.3 Å². The summed E-state index contributed by atoms with van der Waals surface area (Å²) in [5.74, 6) is -1.88. The number of carboxylic acid groups (broad SMARTS) is 1. The van der Waals surface area contributed by atoms with Crippen LogP contribution in [-0.2, 0) is 10.0 Å². The third-order valence-corrected chi connectivity index (χ3v) is 4.34. The highest BCUT2D eigenvalue weighted by molar-refractivity contribution is 7.89. The first kappa shape index (κ1) is 17.4. The Labute approximate surface area is 123 Å². The quantitative estimate of drug-likeness (QED) is 0.502. The summed E-state index contributed by atoms with van der Waals surface area (Å²) in [6.07, 6.45) is 2.93. The number of aliphatic hydroxyl groups is 1. The average molecular weight is 317 g/mol. The molecule has 0 aromatic heterocycles. The monoisotopic (exact) mass is 317 g/mol. The van der Waals surface area contributed by atoms with Crippen molar-refractivity contribution in [2.45, 2.75) is 30.6 Å². The van der Waals surface area contributed by atoms with Gasteiger partial charge in [-0.3, -0.25) is 0 Å². The van der Waals surface area contributed by atoms with Gasteiger partial charge >= 0.3 is 5.97 Å². The lowest BCUT2D eigenvalue weighted by atomic mass is 10.2. The second kappa shape index (κ2) is 7.96. The molecular formula is C13H19NO6S. The van der Waals surface area contributed by atoms with E-state index in [4.69, 9.17) is 10.2 Å². The Morgan fingerprint density at radius 2 is 1.81 bits per heavy atom. The molecule has 0 unspecified atom stereocenters. The smallest absolute Gasteiger partial charge is 0.339 e. The van der Waals surface area contributed by atoms with Crippen LogP contribution in [0.15, 0.2) is 23.1 Å². The summed E-state index contributed by atoms with van der Waals surface area (Å²) in [4.78, 5) is 10.7. The Balaban J connectivity index is 2.66. The number of aromatic hydroxyl groups is 1. The maximum atomic E-state index is 12.0. The molecule has 7 nitrogen and oxygen atoms in total. The van der Waals surface area contributed by atoms with Crippen LogP contribution in [0.2, 0.25) is 0 Å². The van der Waals surface area contributed by atoms with E-state index >= 15 is 0 Å². The fraction of sp³-hybridized carbons (Fsp3) is 0.462. The summed E-state index contributed by atoms with van der Waals surface area (Å²) in [5, 5.41) is 26.8. The molecule has 4 N–H and O–H groups in total. The maximum Gasteiger partial charge on any atom is 0.339 e. The molecule has 0 heterocycles. The molecular weight excluding hydrogens is 298 g/mol. The first-order valence-electron chi connectivity index (χ1n) is 6.55. The van der Waals surface area contributed by atoms with Crippen molar-refractivity contribution < 1.29 is 28.5 Å². The molecule has 0 aliphatic carbocycles. The SMILES string of the molecule is O=C(O)c1cc(S(=O)(=O)NCCCCCCO)ccc1O. The molecule has 0 aliphatic rings. The summed E-state index contributed by atoms with van der Waals surface area (Å²) < 4.78 is 26.3. The van der Waals surface area contributed by atoms with Crippen LogP contribution in [0.4, 0.5) is 0 Å². The van der Waals surface area contributed by atoms with Crippen molar-refractivity contribution in [1.29, 1.82) is 0 Å². The molecule has 0 atom stereocenters. The number of aromatic carboxylic acids is 1. The Hall–Kier alpha value is -1.64. The van der Waals surface area contributed by atoms with Crippen LogP contribution in [0.5, 0.6) is 5.75 Å². The van der Waals surface area contributed by atoms with Gasteiger partial charge in [-0.05, 0) is 31.0 Å². The summed E-state index contributed by atoms with van der Waals surface area (Å²) in [5.41, 5.74) is -0.458. The van der Waals surface area contributed by atoms with Crippen molar-refractivity contribution in [2.24, 2.45) is 0 Å². The minimum Gasteiger partial charge on any atom is -0.507 e. The van der Waals surface area contributed by atoms with E-state index in [0.717, 1.165) is 31.0 Å². The molecule has 118 valence electrons. The highest BCUT2D eigenvalue weighted by atomic mass is 32.2. The number of benzene rings is 1. The van der Waals surface area contributed by atoms with Gasteiger partial charge in [0.2, 0.25) is 10.0 Å². The predicted octanol–water partition coefficient (Wildman–Crippen LogP) is 0.921. The summed E-state index contributed by atoms with van der Waals surface area (Å²) in [6, 6.07) is 3.11. The van der Waals surface area contributed by atoms with Crippen molar-refractivity contribution in [3.05, 3.63) is 23.8 Å². The van der Waals surface area contributed by atoms with Crippen molar-refractivity contribution in [1.82, 2.24) is 4.72 Å². The molecule has 1 rings (SSSR count). The lowest BCUT2D eigenvalue weighted by molar-refractivity contribution is 0.0693. The van der Waals surface area contributed by atoms with Gasteiger partial charge in [-0.2, -0.15) is 0 Å². The summed E-state index contributed by atoms with van der Waals surface area (Å²) in [7, 11) is -3.80. The molecule has 8 heteroatoms. The van der Waals surface area contributed by atoms with Crippen LogP contribution in [0.3, 0.4) is 0 Å². The molecule has 0 bridgehead atoms. The molecule has 0 amide bonds. The number of rotatable bonds is 9. The van der Waals surface area contributed by atoms with Gasteiger partial charge in [-0.1, -0.05) is 12.8 Å². The van der Waals surface area contributed by atoms with Crippen LogP contribution in [0, 0.1) is 0 Å². The Kier molecular flexibility index (Phi) is 6.60.